The Morgan fingerprint density at radius 1 is 1.05 bits per heavy atom. The molecule has 0 aliphatic rings. The Bertz CT molecular complexity index is 871. The van der Waals surface area contributed by atoms with Gasteiger partial charge in [0.1, 0.15) is 11.3 Å². The summed E-state index contributed by atoms with van der Waals surface area (Å²) in [5.41, 5.74) is 4.91. The molecule has 0 aliphatic heterocycles. The van der Waals surface area contributed by atoms with Crippen LogP contribution in [-0.2, 0) is 6.42 Å². The number of para-hydroxylation sites is 2. The molecule has 2 aromatic carbocycles. The molecule has 1 N–H and O–H groups in total. The molecule has 4 rings (SSSR count). The summed E-state index contributed by atoms with van der Waals surface area (Å²) in [6.45, 7) is 2.05. The minimum atomic E-state index is 0.572. The number of nitrogens with zero attached hydrogens (tertiary/aromatic N) is 2. The summed E-state index contributed by atoms with van der Waals surface area (Å²) in [4.78, 5) is 12.3. The topological polar surface area (TPSA) is 54.7 Å². The second kappa shape index (κ2) is 4.20. The van der Waals surface area contributed by atoms with Crippen molar-refractivity contribution in [2.45, 2.75) is 13.3 Å². The van der Waals surface area contributed by atoms with Crippen LogP contribution in [0.1, 0.15) is 17.3 Å². The number of fused-ring (bicyclic) bond motifs is 2. The van der Waals surface area contributed by atoms with Crippen LogP contribution in [0.4, 0.5) is 0 Å². The summed E-state index contributed by atoms with van der Waals surface area (Å²) < 4.78 is 5.75. The van der Waals surface area contributed by atoms with Gasteiger partial charge >= 0.3 is 0 Å². The molecule has 0 atom stereocenters. The smallest absolute Gasteiger partial charge is 0.203 e. The molecule has 0 spiro atoms. The Morgan fingerprint density at radius 2 is 1.95 bits per heavy atom. The highest BCUT2D eigenvalue weighted by molar-refractivity contribution is 5.75. The lowest BCUT2D eigenvalue weighted by molar-refractivity contribution is 0.540. The van der Waals surface area contributed by atoms with Crippen molar-refractivity contribution in [3.8, 4) is 0 Å². The van der Waals surface area contributed by atoms with Crippen molar-refractivity contribution >= 4 is 22.1 Å². The van der Waals surface area contributed by atoms with Crippen molar-refractivity contribution in [1.29, 1.82) is 0 Å². The number of imidazole rings is 1. The van der Waals surface area contributed by atoms with E-state index >= 15 is 0 Å². The van der Waals surface area contributed by atoms with E-state index in [9.17, 15) is 0 Å². The third kappa shape index (κ3) is 1.86. The van der Waals surface area contributed by atoms with E-state index in [1.165, 1.54) is 5.56 Å². The fraction of sp³-hybridized carbons (Fsp3) is 0.125. The lowest BCUT2D eigenvalue weighted by Gasteiger charge is -1.89. The number of aryl methyl sites for hydroxylation is 1. The van der Waals surface area contributed by atoms with Crippen LogP contribution in [-0.4, -0.2) is 15.0 Å². The molecular weight excluding hydrogens is 250 g/mol. The summed E-state index contributed by atoms with van der Waals surface area (Å²) in [6, 6.07) is 14.0. The molecule has 0 aliphatic carbocycles. The summed E-state index contributed by atoms with van der Waals surface area (Å²) in [5.74, 6) is 1.55. The van der Waals surface area contributed by atoms with Crippen molar-refractivity contribution < 1.29 is 4.42 Å². The first-order valence-electron chi connectivity index (χ1n) is 6.58. The predicted molar refractivity (Wildman–Crippen MR) is 77.6 cm³/mol. The van der Waals surface area contributed by atoms with Crippen LogP contribution in [0.3, 0.4) is 0 Å². The molecular formula is C16H13N3O. The van der Waals surface area contributed by atoms with Crippen LogP contribution in [0.5, 0.6) is 0 Å². The van der Waals surface area contributed by atoms with E-state index in [0.717, 1.165) is 28.0 Å². The van der Waals surface area contributed by atoms with Gasteiger partial charge in [-0.05, 0) is 36.8 Å². The van der Waals surface area contributed by atoms with E-state index in [4.69, 9.17) is 4.42 Å². The van der Waals surface area contributed by atoms with Crippen molar-refractivity contribution in [2.75, 3.05) is 0 Å². The van der Waals surface area contributed by atoms with Crippen LogP contribution < -0.4 is 0 Å². The van der Waals surface area contributed by atoms with Gasteiger partial charge in [-0.15, -0.1) is 0 Å². The molecule has 2 heterocycles. The molecule has 0 unspecified atom stereocenters. The maximum atomic E-state index is 5.75. The normalized spacial score (nSPS) is 11.4. The number of aromatic nitrogens is 3. The molecule has 98 valence electrons. The highest BCUT2D eigenvalue weighted by atomic mass is 16.3. The van der Waals surface area contributed by atoms with Crippen LogP contribution in [0.2, 0.25) is 0 Å². The number of oxazole rings is 1. The first-order chi connectivity index (χ1) is 9.78. The average Bonchev–Trinajstić information content (AvgIpc) is 3.00. The monoisotopic (exact) mass is 263 g/mol. The Labute approximate surface area is 115 Å². The van der Waals surface area contributed by atoms with E-state index < -0.39 is 0 Å². The molecule has 0 radical (unpaired) electrons. The lowest BCUT2D eigenvalue weighted by atomic mass is 10.2. The predicted octanol–water partition coefficient (Wildman–Crippen LogP) is 3.60. The Morgan fingerprint density at radius 3 is 2.85 bits per heavy atom. The van der Waals surface area contributed by atoms with E-state index in [1.807, 2.05) is 49.4 Å². The van der Waals surface area contributed by atoms with Crippen LogP contribution in [0, 0.1) is 6.92 Å². The minimum absolute atomic E-state index is 0.572. The van der Waals surface area contributed by atoms with Gasteiger partial charge in [-0.25, -0.2) is 9.97 Å². The van der Waals surface area contributed by atoms with E-state index in [2.05, 4.69) is 15.0 Å². The SMILES string of the molecule is Cc1ccc2oc(Cc3nc4ccccc4[nH]3)nc2c1. The standard InChI is InChI=1S/C16H13N3O/c1-10-6-7-14-13(8-10)19-16(20-14)9-15-17-11-4-2-3-5-12(11)18-15/h2-8H,9H2,1H3,(H,17,18). The number of rotatable bonds is 2. The number of benzene rings is 2. The quantitative estimate of drug-likeness (QED) is 0.601. The second-order valence-electron chi connectivity index (χ2n) is 4.96. The number of hydrogen-bond acceptors (Lipinski definition) is 3. The second-order valence-corrected chi connectivity index (χ2v) is 4.96. The third-order valence-electron chi connectivity index (χ3n) is 3.34. The Balaban J connectivity index is 1.72. The highest BCUT2D eigenvalue weighted by Crippen LogP contribution is 2.19. The maximum Gasteiger partial charge on any atom is 0.203 e. The van der Waals surface area contributed by atoms with Crippen LogP contribution in [0.25, 0.3) is 22.1 Å². The van der Waals surface area contributed by atoms with E-state index in [0.29, 0.717) is 12.3 Å². The van der Waals surface area contributed by atoms with Gasteiger partial charge in [0.2, 0.25) is 5.89 Å². The largest absolute Gasteiger partial charge is 0.440 e. The zero-order valence-electron chi connectivity index (χ0n) is 11.1. The summed E-state index contributed by atoms with van der Waals surface area (Å²) in [6.07, 6.45) is 0.572. The fourth-order valence-corrected chi connectivity index (χ4v) is 2.39. The minimum Gasteiger partial charge on any atom is -0.440 e. The number of aromatic amines is 1. The summed E-state index contributed by atoms with van der Waals surface area (Å²) >= 11 is 0. The molecule has 0 fully saturated rings. The third-order valence-corrected chi connectivity index (χ3v) is 3.34. The van der Waals surface area contributed by atoms with Gasteiger partial charge in [0.05, 0.1) is 17.5 Å². The van der Waals surface area contributed by atoms with Gasteiger partial charge < -0.3 is 9.40 Å². The fourth-order valence-electron chi connectivity index (χ4n) is 2.39. The van der Waals surface area contributed by atoms with Gasteiger partial charge in [-0.1, -0.05) is 18.2 Å². The number of H-pyrrole nitrogens is 1. The molecule has 4 nitrogen and oxygen atoms in total. The van der Waals surface area contributed by atoms with Gasteiger partial charge in [-0.3, -0.25) is 0 Å². The van der Waals surface area contributed by atoms with Gasteiger partial charge in [0.15, 0.2) is 5.58 Å². The first-order valence-corrected chi connectivity index (χ1v) is 6.58. The molecule has 0 bridgehead atoms. The lowest BCUT2D eigenvalue weighted by Crippen LogP contribution is -1.90. The molecule has 4 aromatic rings. The molecule has 20 heavy (non-hydrogen) atoms. The number of nitrogens with one attached hydrogen (secondary N) is 1. The summed E-state index contributed by atoms with van der Waals surface area (Å²) in [5, 5.41) is 0. The molecule has 2 aromatic heterocycles. The van der Waals surface area contributed by atoms with Gasteiger partial charge in [-0.2, -0.15) is 0 Å². The van der Waals surface area contributed by atoms with E-state index in [1.54, 1.807) is 0 Å². The molecule has 0 saturated heterocycles. The highest BCUT2D eigenvalue weighted by Gasteiger charge is 2.09. The maximum absolute atomic E-state index is 5.75. The van der Waals surface area contributed by atoms with Crippen molar-refractivity contribution in [3.63, 3.8) is 0 Å². The van der Waals surface area contributed by atoms with Gasteiger partial charge in [0.25, 0.3) is 0 Å². The van der Waals surface area contributed by atoms with E-state index in [-0.39, 0.29) is 0 Å². The average molecular weight is 263 g/mol. The summed E-state index contributed by atoms with van der Waals surface area (Å²) in [7, 11) is 0. The Hall–Kier alpha value is -2.62. The first kappa shape index (κ1) is 11.2. The van der Waals surface area contributed by atoms with Crippen molar-refractivity contribution in [3.05, 3.63) is 59.7 Å². The van der Waals surface area contributed by atoms with Crippen molar-refractivity contribution in [2.24, 2.45) is 0 Å². The molecule has 0 amide bonds. The number of hydrogen-bond donors (Lipinski definition) is 1. The zero-order chi connectivity index (χ0) is 13.5. The zero-order valence-corrected chi connectivity index (χ0v) is 11.1. The van der Waals surface area contributed by atoms with Gasteiger partial charge in [0, 0.05) is 0 Å². The van der Waals surface area contributed by atoms with Crippen LogP contribution >= 0.6 is 0 Å². The molecule has 4 heteroatoms. The Kier molecular flexibility index (Phi) is 2.36. The van der Waals surface area contributed by atoms with Crippen LogP contribution in [0.15, 0.2) is 46.9 Å². The van der Waals surface area contributed by atoms with Crippen molar-refractivity contribution in [1.82, 2.24) is 15.0 Å². The molecule has 0 saturated carbocycles.